The molecule has 1 saturated heterocycles. The van der Waals surface area contributed by atoms with Gasteiger partial charge in [-0.15, -0.1) is 0 Å². The summed E-state index contributed by atoms with van der Waals surface area (Å²) in [5.74, 6) is 0. The van der Waals surface area contributed by atoms with E-state index in [0.717, 1.165) is 52.3 Å². The average Bonchev–Trinajstić information content (AvgIpc) is 3.60. The fourth-order valence-electron chi connectivity index (χ4n) is 7.20. The van der Waals surface area contributed by atoms with Crippen LogP contribution in [-0.2, 0) is 9.47 Å². The van der Waals surface area contributed by atoms with Crippen LogP contribution in [0.2, 0.25) is 0 Å². The molecule has 0 saturated carbocycles. The molecule has 2 unspecified atom stereocenters. The van der Waals surface area contributed by atoms with Crippen molar-refractivity contribution in [3.63, 3.8) is 0 Å². The molecule has 1 aliphatic heterocycles. The molecule has 0 aromatic rings. The number of allylic oxidation sites excluding steroid dienone is 8. The molecule has 51 heavy (non-hydrogen) atoms. The van der Waals surface area contributed by atoms with E-state index in [9.17, 15) is 0 Å². The molecular formula is C47H88N2O2. The molecule has 0 aliphatic carbocycles. The predicted molar refractivity (Wildman–Crippen MR) is 227 cm³/mol. The third-order valence-corrected chi connectivity index (χ3v) is 10.5. The molecule has 0 radical (unpaired) electrons. The van der Waals surface area contributed by atoms with Gasteiger partial charge in [0.2, 0.25) is 0 Å². The van der Waals surface area contributed by atoms with Gasteiger partial charge in [-0.25, -0.2) is 0 Å². The molecule has 0 aromatic heterocycles. The lowest BCUT2D eigenvalue weighted by Gasteiger charge is -2.28. The van der Waals surface area contributed by atoms with Gasteiger partial charge in [0.25, 0.3) is 0 Å². The average molecular weight is 713 g/mol. The summed E-state index contributed by atoms with van der Waals surface area (Å²) in [4.78, 5) is 5.26. The SMILES string of the molecule is CCCCCC=CCC=CCCCCCCCCOCC(CN1CCC(N(CC)CC)C1)OCCCCCCCCC=CCC=CCCCCC. The van der Waals surface area contributed by atoms with Gasteiger partial charge in [0, 0.05) is 32.3 Å². The molecule has 4 nitrogen and oxygen atoms in total. The van der Waals surface area contributed by atoms with Gasteiger partial charge in [-0.05, 0) is 103 Å². The van der Waals surface area contributed by atoms with Crippen molar-refractivity contribution in [1.82, 2.24) is 9.80 Å². The smallest absolute Gasteiger partial charge is 0.0934 e. The minimum Gasteiger partial charge on any atom is -0.379 e. The van der Waals surface area contributed by atoms with Crippen LogP contribution in [0, 0.1) is 0 Å². The Morgan fingerprint density at radius 1 is 0.549 bits per heavy atom. The molecule has 1 rings (SSSR count). The molecule has 0 bridgehead atoms. The van der Waals surface area contributed by atoms with Gasteiger partial charge in [0.1, 0.15) is 0 Å². The lowest BCUT2D eigenvalue weighted by atomic mass is 10.1. The highest BCUT2D eigenvalue weighted by atomic mass is 16.5. The fourth-order valence-corrected chi connectivity index (χ4v) is 7.20. The lowest BCUT2D eigenvalue weighted by Crippen LogP contribution is -2.40. The van der Waals surface area contributed by atoms with Crippen molar-refractivity contribution in [1.29, 1.82) is 0 Å². The monoisotopic (exact) mass is 713 g/mol. The van der Waals surface area contributed by atoms with E-state index in [1.165, 1.54) is 161 Å². The van der Waals surface area contributed by atoms with Gasteiger partial charge < -0.3 is 9.47 Å². The first-order chi connectivity index (χ1) is 25.2. The van der Waals surface area contributed by atoms with E-state index in [1.54, 1.807) is 0 Å². The van der Waals surface area contributed by atoms with Gasteiger partial charge in [0.05, 0.1) is 12.7 Å². The van der Waals surface area contributed by atoms with E-state index in [-0.39, 0.29) is 6.10 Å². The summed E-state index contributed by atoms with van der Waals surface area (Å²) in [5, 5.41) is 0. The van der Waals surface area contributed by atoms with Gasteiger partial charge >= 0.3 is 0 Å². The second kappa shape index (κ2) is 38.5. The molecule has 1 heterocycles. The maximum absolute atomic E-state index is 6.50. The first-order valence-electron chi connectivity index (χ1n) is 22.5. The number of hydrogen-bond acceptors (Lipinski definition) is 4. The molecule has 0 N–H and O–H groups in total. The minimum atomic E-state index is 0.197. The second-order valence-corrected chi connectivity index (χ2v) is 15.2. The zero-order chi connectivity index (χ0) is 36.7. The quantitative estimate of drug-likeness (QED) is 0.0470. The Kier molecular flexibility index (Phi) is 36.1. The highest BCUT2D eigenvalue weighted by Gasteiger charge is 2.28. The van der Waals surface area contributed by atoms with Crippen molar-refractivity contribution in [3.05, 3.63) is 48.6 Å². The summed E-state index contributed by atoms with van der Waals surface area (Å²) < 4.78 is 12.7. The van der Waals surface area contributed by atoms with Crippen LogP contribution in [0.25, 0.3) is 0 Å². The third-order valence-electron chi connectivity index (χ3n) is 10.5. The van der Waals surface area contributed by atoms with E-state index in [0.29, 0.717) is 6.04 Å². The van der Waals surface area contributed by atoms with E-state index in [1.807, 2.05) is 0 Å². The maximum atomic E-state index is 6.50. The van der Waals surface area contributed by atoms with Crippen molar-refractivity contribution < 1.29 is 9.47 Å². The van der Waals surface area contributed by atoms with Crippen molar-refractivity contribution >= 4 is 0 Å². The number of unbranched alkanes of at least 4 members (excludes halogenated alkanes) is 18. The number of likely N-dealkylation sites (tertiary alicyclic amines) is 1. The summed E-state index contributed by atoms with van der Waals surface area (Å²) in [6, 6.07) is 0.701. The Hall–Kier alpha value is -1.20. The van der Waals surface area contributed by atoms with Crippen LogP contribution >= 0.6 is 0 Å². The van der Waals surface area contributed by atoms with Crippen LogP contribution in [-0.4, -0.2) is 74.5 Å². The molecular weight excluding hydrogens is 625 g/mol. The van der Waals surface area contributed by atoms with Crippen LogP contribution in [0.3, 0.4) is 0 Å². The van der Waals surface area contributed by atoms with E-state index < -0.39 is 0 Å². The van der Waals surface area contributed by atoms with E-state index >= 15 is 0 Å². The van der Waals surface area contributed by atoms with Crippen molar-refractivity contribution in [2.24, 2.45) is 0 Å². The standard InChI is InChI=1S/C47H88N2O2/c1-5-9-11-13-15-17-19-21-23-25-27-29-31-33-35-37-41-50-45-47(44-48-40-39-46(43-48)49(7-3)8-4)51-42-38-36-34-32-30-28-26-24-22-20-18-16-14-12-10-6-2/h15-18,21-24,46-47H,5-14,19-20,25-45H2,1-4H3. The number of hydrogen-bond donors (Lipinski definition) is 0. The summed E-state index contributed by atoms with van der Waals surface area (Å²) >= 11 is 0. The summed E-state index contributed by atoms with van der Waals surface area (Å²) in [6.07, 6.45) is 51.1. The van der Waals surface area contributed by atoms with Gasteiger partial charge in [-0.2, -0.15) is 0 Å². The molecule has 2 atom stereocenters. The van der Waals surface area contributed by atoms with Gasteiger partial charge in [-0.1, -0.05) is 153 Å². The number of ether oxygens (including phenoxy) is 2. The Morgan fingerprint density at radius 3 is 1.49 bits per heavy atom. The molecule has 1 fully saturated rings. The Labute approximate surface area is 320 Å². The number of likely N-dealkylation sites (N-methyl/N-ethyl adjacent to an activating group) is 1. The van der Waals surface area contributed by atoms with Crippen LogP contribution in [0.4, 0.5) is 0 Å². The minimum absolute atomic E-state index is 0.197. The summed E-state index contributed by atoms with van der Waals surface area (Å²) in [6.45, 7) is 17.3. The van der Waals surface area contributed by atoms with Crippen LogP contribution in [0.1, 0.15) is 188 Å². The summed E-state index contributed by atoms with van der Waals surface area (Å²) in [7, 11) is 0. The first-order valence-corrected chi connectivity index (χ1v) is 22.5. The van der Waals surface area contributed by atoms with Gasteiger partial charge in [0.15, 0.2) is 0 Å². The number of rotatable bonds is 38. The Morgan fingerprint density at radius 2 is 1.00 bits per heavy atom. The van der Waals surface area contributed by atoms with Crippen LogP contribution in [0.5, 0.6) is 0 Å². The molecule has 1 aliphatic rings. The van der Waals surface area contributed by atoms with E-state index in [2.05, 4.69) is 86.1 Å². The molecule has 0 aromatic carbocycles. The van der Waals surface area contributed by atoms with Crippen molar-refractivity contribution in [2.45, 2.75) is 200 Å². The van der Waals surface area contributed by atoms with Crippen LogP contribution < -0.4 is 0 Å². The third kappa shape index (κ3) is 30.9. The highest BCUT2D eigenvalue weighted by molar-refractivity contribution is 4.93. The first kappa shape index (κ1) is 47.8. The van der Waals surface area contributed by atoms with Crippen LogP contribution in [0.15, 0.2) is 48.6 Å². The summed E-state index contributed by atoms with van der Waals surface area (Å²) in [5.41, 5.74) is 0. The van der Waals surface area contributed by atoms with Crippen molar-refractivity contribution in [2.75, 3.05) is 52.5 Å². The number of nitrogens with zero attached hydrogens (tertiary/aromatic N) is 2. The van der Waals surface area contributed by atoms with Crippen molar-refractivity contribution in [3.8, 4) is 0 Å². The zero-order valence-corrected chi connectivity index (χ0v) is 34.8. The van der Waals surface area contributed by atoms with Gasteiger partial charge in [-0.3, -0.25) is 9.80 Å². The Bertz CT molecular complexity index is 817. The normalized spacial score (nSPS) is 16.5. The molecule has 0 amide bonds. The lowest BCUT2D eigenvalue weighted by molar-refractivity contribution is -0.0323. The second-order valence-electron chi connectivity index (χ2n) is 15.2. The molecule has 0 spiro atoms. The maximum Gasteiger partial charge on any atom is 0.0934 e. The fraction of sp³-hybridized carbons (Fsp3) is 0.830. The Balaban J connectivity index is 2.16. The molecule has 298 valence electrons. The highest BCUT2D eigenvalue weighted by Crippen LogP contribution is 2.17. The topological polar surface area (TPSA) is 24.9 Å². The largest absolute Gasteiger partial charge is 0.379 e. The predicted octanol–water partition coefficient (Wildman–Crippen LogP) is 13.4. The zero-order valence-electron chi connectivity index (χ0n) is 34.8. The van der Waals surface area contributed by atoms with E-state index in [4.69, 9.17) is 9.47 Å². The molecule has 4 heteroatoms.